The van der Waals surface area contributed by atoms with Crippen LogP contribution in [-0.4, -0.2) is 15.7 Å². The number of aromatic nitrogens is 2. The molecular formula is C11H15N3OS. The summed E-state index contributed by atoms with van der Waals surface area (Å²) in [5.41, 5.74) is 5.25. The zero-order valence-electron chi connectivity index (χ0n) is 9.27. The van der Waals surface area contributed by atoms with Crippen LogP contribution >= 0.6 is 11.3 Å². The SMILES string of the molecule is CCCCCn1ncc2cc(C(N)=O)sc21. The second-order valence-corrected chi connectivity index (χ2v) is 4.84. The van der Waals surface area contributed by atoms with E-state index >= 15 is 0 Å². The van der Waals surface area contributed by atoms with Gasteiger partial charge in [0.05, 0.1) is 11.1 Å². The molecule has 0 fully saturated rings. The topological polar surface area (TPSA) is 60.9 Å². The van der Waals surface area contributed by atoms with Crippen LogP contribution in [0, 0.1) is 0 Å². The van der Waals surface area contributed by atoms with Gasteiger partial charge in [-0.15, -0.1) is 11.3 Å². The summed E-state index contributed by atoms with van der Waals surface area (Å²) in [4.78, 5) is 12.7. The molecule has 0 bridgehead atoms. The summed E-state index contributed by atoms with van der Waals surface area (Å²) in [5.74, 6) is -0.360. The normalized spacial score (nSPS) is 11.1. The van der Waals surface area contributed by atoms with Gasteiger partial charge in [-0.2, -0.15) is 5.10 Å². The molecule has 0 saturated carbocycles. The number of unbranched alkanes of at least 4 members (excludes halogenated alkanes) is 2. The molecule has 2 heterocycles. The van der Waals surface area contributed by atoms with Gasteiger partial charge in [-0.1, -0.05) is 19.8 Å². The predicted molar refractivity (Wildman–Crippen MR) is 65.7 cm³/mol. The first-order valence-corrected chi connectivity index (χ1v) is 6.29. The second kappa shape index (κ2) is 4.65. The van der Waals surface area contributed by atoms with Gasteiger partial charge in [-0.25, -0.2) is 0 Å². The van der Waals surface area contributed by atoms with Gasteiger partial charge in [0, 0.05) is 11.9 Å². The number of fused-ring (bicyclic) bond motifs is 1. The van der Waals surface area contributed by atoms with Crippen molar-refractivity contribution in [2.24, 2.45) is 5.73 Å². The number of nitrogens with two attached hydrogens (primary N) is 1. The highest BCUT2D eigenvalue weighted by Crippen LogP contribution is 2.25. The monoisotopic (exact) mass is 237 g/mol. The summed E-state index contributed by atoms with van der Waals surface area (Å²) >= 11 is 1.42. The quantitative estimate of drug-likeness (QED) is 0.812. The van der Waals surface area contributed by atoms with Gasteiger partial charge in [0.25, 0.3) is 5.91 Å². The third kappa shape index (κ3) is 2.09. The first kappa shape index (κ1) is 11.1. The van der Waals surface area contributed by atoms with E-state index in [-0.39, 0.29) is 5.91 Å². The molecule has 0 unspecified atom stereocenters. The van der Waals surface area contributed by atoms with Crippen LogP contribution in [0.4, 0.5) is 0 Å². The van der Waals surface area contributed by atoms with Gasteiger partial charge in [0.2, 0.25) is 0 Å². The third-order valence-corrected chi connectivity index (χ3v) is 3.71. The number of aryl methyl sites for hydroxylation is 1. The highest BCUT2D eigenvalue weighted by Gasteiger charge is 2.10. The molecule has 0 aliphatic carbocycles. The fourth-order valence-corrected chi connectivity index (χ4v) is 2.63. The van der Waals surface area contributed by atoms with Crippen LogP contribution in [0.15, 0.2) is 12.3 Å². The average Bonchev–Trinajstić information content (AvgIpc) is 2.79. The van der Waals surface area contributed by atoms with E-state index < -0.39 is 0 Å². The summed E-state index contributed by atoms with van der Waals surface area (Å²) < 4.78 is 1.96. The van der Waals surface area contributed by atoms with Crippen molar-refractivity contribution in [1.29, 1.82) is 0 Å². The zero-order chi connectivity index (χ0) is 11.5. The molecule has 1 amide bonds. The Bertz CT molecular complexity index is 500. The van der Waals surface area contributed by atoms with E-state index in [0.717, 1.165) is 23.2 Å². The number of carbonyl (C=O) groups is 1. The molecule has 5 heteroatoms. The molecule has 0 atom stereocenters. The number of nitrogens with zero attached hydrogens (tertiary/aromatic N) is 2. The minimum atomic E-state index is -0.360. The van der Waals surface area contributed by atoms with E-state index in [9.17, 15) is 4.79 Å². The Morgan fingerprint density at radius 2 is 2.38 bits per heavy atom. The lowest BCUT2D eigenvalue weighted by Crippen LogP contribution is -2.08. The molecular weight excluding hydrogens is 222 g/mol. The van der Waals surface area contributed by atoms with Crippen molar-refractivity contribution in [1.82, 2.24) is 9.78 Å². The van der Waals surface area contributed by atoms with E-state index in [1.54, 1.807) is 6.20 Å². The van der Waals surface area contributed by atoms with Gasteiger partial charge in [0.1, 0.15) is 4.83 Å². The highest BCUT2D eigenvalue weighted by molar-refractivity contribution is 7.20. The Hall–Kier alpha value is -1.36. The molecule has 0 spiro atoms. The summed E-state index contributed by atoms with van der Waals surface area (Å²) in [7, 11) is 0. The molecule has 4 nitrogen and oxygen atoms in total. The zero-order valence-corrected chi connectivity index (χ0v) is 10.1. The lowest BCUT2D eigenvalue weighted by Gasteiger charge is -2.00. The molecule has 0 aromatic carbocycles. The molecule has 2 rings (SSSR count). The van der Waals surface area contributed by atoms with Crippen molar-refractivity contribution < 1.29 is 4.79 Å². The number of thiophene rings is 1. The minimum Gasteiger partial charge on any atom is -0.365 e. The van der Waals surface area contributed by atoms with Crippen LogP contribution in [0.3, 0.4) is 0 Å². The van der Waals surface area contributed by atoms with E-state index in [4.69, 9.17) is 5.73 Å². The highest BCUT2D eigenvalue weighted by atomic mass is 32.1. The standard InChI is InChI=1S/C11H15N3OS/c1-2-3-4-5-14-11-8(7-13-14)6-9(16-11)10(12)15/h6-7H,2-5H2,1H3,(H2,12,15). The molecule has 16 heavy (non-hydrogen) atoms. The van der Waals surface area contributed by atoms with Crippen LogP contribution in [0.25, 0.3) is 10.2 Å². The Morgan fingerprint density at radius 1 is 1.56 bits per heavy atom. The summed E-state index contributed by atoms with van der Waals surface area (Å²) in [6, 6.07) is 1.81. The largest absolute Gasteiger partial charge is 0.365 e. The number of rotatable bonds is 5. The maximum absolute atomic E-state index is 11.0. The molecule has 0 radical (unpaired) electrons. The number of carbonyl (C=O) groups excluding carboxylic acids is 1. The van der Waals surface area contributed by atoms with E-state index in [1.165, 1.54) is 24.2 Å². The van der Waals surface area contributed by atoms with Crippen molar-refractivity contribution in [2.45, 2.75) is 32.7 Å². The number of hydrogen-bond donors (Lipinski definition) is 1. The lowest BCUT2D eigenvalue weighted by atomic mass is 10.2. The Labute approximate surface area is 98.1 Å². The first-order chi connectivity index (χ1) is 7.72. The fourth-order valence-electron chi connectivity index (χ4n) is 1.67. The number of primary amides is 1. The van der Waals surface area contributed by atoms with Gasteiger partial charge in [0.15, 0.2) is 0 Å². The van der Waals surface area contributed by atoms with Crippen LogP contribution in [0.1, 0.15) is 35.9 Å². The third-order valence-electron chi connectivity index (χ3n) is 2.53. The number of amides is 1. The number of hydrogen-bond acceptors (Lipinski definition) is 3. The van der Waals surface area contributed by atoms with Crippen LogP contribution in [-0.2, 0) is 6.54 Å². The molecule has 2 aromatic rings. The van der Waals surface area contributed by atoms with Gasteiger partial charge < -0.3 is 5.73 Å². The van der Waals surface area contributed by atoms with E-state index in [2.05, 4.69) is 12.0 Å². The van der Waals surface area contributed by atoms with Crippen molar-refractivity contribution in [2.75, 3.05) is 0 Å². The molecule has 86 valence electrons. The molecule has 2 N–H and O–H groups in total. The van der Waals surface area contributed by atoms with Crippen LogP contribution < -0.4 is 5.73 Å². The summed E-state index contributed by atoms with van der Waals surface area (Å²) in [6.45, 7) is 3.09. The van der Waals surface area contributed by atoms with Crippen molar-refractivity contribution in [3.8, 4) is 0 Å². The second-order valence-electron chi connectivity index (χ2n) is 3.81. The fraction of sp³-hybridized carbons (Fsp3) is 0.455. The average molecular weight is 237 g/mol. The first-order valence-electron chi connectivity index (χ1n) is 5.47. The lowest BCUT2D eigenvalue weighted by molar-refractivity contribution is 0.100. The van der Waals surface area contributed by atoms with E-state index in [1.807, 2.05) is 10.7 Å². The van der Waals surface area contributed by atoms with Crippen LogP contribution in [0.5, 0.6) is 0 Å². The van der Waals surface area contributed by atoms with Gasteiger partial charge in [-0.3, -0.25) is 9.48 Å². The van der Waals surface area contributed by atoms with E-state index in [0.29, 0.717) is 4.88 Å². The minimum absolute atomic E-state index is 0.360. The molecule has 0 saturated heterocycles. The van der Waals surface area contributed by atoms with Crippen molar-refractivity contribution >= 4 is 27.5 Å². The smallest absolute Gasteiger partial charge is 0.258 e. The molecule has 0 aliphatic heterocycles. The Morgan fingerprint density at radius 3 is 3.06 bits per heavy atom. The van der Waals surface area contributed by atoms with Gasteiger partial charge in [-0.05, 0) is 12.5 Å². The van der Waals surface area contributed by atoms with Crippen molar-refractivity contribution in [3.05, 3.63) is 17.1 Å². The van der Waals surface area contributed by atoms with Crippen LogP contribution in [0.2, 0.25) is 0 Å². The predicted octanol–water partition coefficient (Wildman–Crippen LogP) is 2.39. The summed E-state index contributed by atoms with van der Waals surface area (Å²) in [5, 5.41) is 5.31. The van der Waals surface area contributed by atoms with Gasteiger partial charge >= 0.3 is 0 Å². The maximum atomic E-state index is 11.0. The Balaban J connectivity index is 2.22. The van der Waals surface area contributed by atoms with Crippen molar-refractivity contribution in [3.63, 3.8) is 0 Å². The molecule has 0 aliphatic rings. The summed E-state index contributed by atoms with van der Waals surface area (Å²) in [6.07, 6.45) is 5.32. The molecule has 2 aromatic heterocycles. The Kier molecular flexibility index (Phi) is 3.24. The maximum Gasteiger partial charge on any atom is 0.258 e.